The molecule has 0 aromatic heterocycles. The van der Waals surface area contributed by atoms with Gasteiger partial charge in [-0.05, 0) is 114 Å². The lowest BCUT2D eigenvalue weighted by Gasteiger charge is -2.33. The summed E-state index contributed by atoms with van der Waals surface area (Å²) >= 11 is 0. The largest absolute Gasteiger partial charge is 0.309 e. The first-order chi connectivity index (χ1) is 28.0. The van der Waals surface area contributed by atoms with E-state index >= 15 is 0 Å². The first kappa shape index (κ1) is 32.3. The Balaban J connectivity index is 1.20. The SMILES string of the molecule is CC1(C)c2ccccc2-c2ccc(N(c3ccccc3-c3ccccc3)c3cccc4c3-c3cc5ccccc5cc3C43c4ccccc4-c4ccccc43)cc21. The number of rotatable bonds is 4. The van der Waals surface area contributed by atoms with E-state index in [-0.39, 0.29) is 5.41 Å². The van der Waals surface area contributed by atoms with Crippen molar-refractivity contribution in [2.24, 2.45) is 0 Å². The second-order valence-corrected chi connectivity index (χ2v) is 16.4. The van der Waals surface area contributed by atoms with E-state index in [0.29, 0.717) is 0 Å². The minimum atomic E-state index is -0.468. The molecule has 0 saturated carbocycles. The smallest absolute Gasteiger partial charge is 0.0726 e. The minimum absolute atomic E-state index is 0.141. The highest BCUT2D eigenvalue weighted by Gasteiger charge is 2.52. The molecule has 0 atom stereocenters. The van der Waals surface area contributed by atoms with Gasteiger partial charge in [0.05, 0.1) is 16.8 Å². The van der Waals surface area contributed by atoms with Gasteiger partial charge in [-0.25, -0.2) is 0 Å². The van der Waals surface area contributed by atoms with E-state index in [1.165, 1.54) is 94.3 Å². The Hall–Kier alpha value is -6.96. The molecule has 0 saturated heterocycles. The number of hydrogen-bond acceptors (Lipinski definition) is 1. The molecule has 0 aliphatic heterocycles. The minimum Gasteiger partial charge on any atom is -0.309 e. The molecule has 0 amide bonds. The standard InChI is InChI=1S/C56H39N/c1-55(2)46-25-12-8-22-41(46)44-32-31-39(35-50(44)55)57(52-29-15-11-21-40(52)36-17-4-3-5-18-36)53-30-16-28-49-54(53)45-33-37-19-6-7-20-38(37)34-51(45)56(49)47-26-13-9-23-42(47)43-24-10-14-27-48(43)56/h3-35H,1-2H3. The Morgan fingerprint density at radius 2 is 0.860 bits per heavy atom. The van der Waals surface area contributed by atoms with Crippen LogP contribution in [0.2, 0.25) is 0 Å². The average Bonchev–Trinajstić information content (AvgIpc) is 3.82. The van der Waals surface area contributed by atoms with Crippen molar-refractivity contribution in [1.82, 2.24) is 0 Å². The van der Waals surface area contributed by atoms with E-state index < -0.39 is 5.41 Å². The molecule has 1 heteroatoms. The third kappa shape index (κ3) is 4.29. The molecule has 0 radical (unpaired) electrons. The summed E-state index contributed by atoms with van der Waals surface area (Å²) in [6.45, 7) is 4.76. The van der Waals surface area contributed by atoms with Crippen LogP contribution < -0.4 is 4.90 Å². The number of para-hydroxylation sites is 1. The Morgan fingerprint density at radius 3 is 1.58 bits per heavy atom. The molecule has 12 rings (SSSR count). The lowest BCUT2D eigenvalue weighted by atomic mass is 9.70. The highest BCUT2D eigenvalue weighted by atomic mass is 15.1. The topological polar surface area (TPSA) is 3.24 Å². The zero-order valence-electron chi connectivity index (χ0n) is 32.0. The van der Waals surface area contributed by atoms with Crippen molar-refractivity contribution in [3.63, 3.8) is 0 Å². The summed E-state index contributed by atoms with van der Waals surface area (Å²) in [6.07, 6.45) is 0. The highest BCUT2D eigenvalue weighted by Crippen LogP contribution is 2.65. The average molecular weight is 726 g/mol. The molecule has 0 N–H and O–H groups in total. The van der Waals surface area contributed by atoms with Crippen LogP contribution in [0.4, 0.5) is 17.1 Å². The van der Waals surface area contributed by atoms with Crippen LogP contribution >= 0.6 is 0 Å². The summed E-state index contributed by atoms with van der Waals surface area (Å²) in [5.74, 6) is 0. The molecule has 0 bridgehead atoms. The molecule has 9 aromatic carbocycles. The maximum atomic E-state index is 2.56. The van der Waals surface area contributed by atoms with Gasteiger partial charge >= 0.3 is 0 Å². The van der Waals surface area contributed by atoms with E-state index in [1.54, 1.807) is 0 Å². The van der Waals surface area contributed by atoms with Crippen molar-refractivity contribution in [1.29, 1.82) is 0 Å². The van der Waals surface area contributed by atoms with Crippen LogP contribution in [0.1, 0.15) is 47.2 Å². The normalized spacial score (nSPS) is 14.4. The lowest BCUT2D eigenvalue weighted by molar-refractivity contribution is 0.660. The van der Waals surface area contributed by atoms with Crippen LogP contribution in [0.5, 0.6) is 0 Å². The van der Waals surface area contributed by atoms with E-state index in [4.69, 9.17) is 0 Å². The molecular formula is C56H39N. The van der Waals surface area contributed by atoms with Crippen LogP contribution in [0.15, 0.2) is 200 Å². The Kier molecular flexibility index (Phi) is 6.67. The molecule has 57 heavy (non-hydrogen) atoms. The van der Waals surface area contributed by atoms with Crippen molar-refractivity contribution >= 4 is 27.8 Å². The van der Waals surface area contributed by atoms with Crippen LogP contribution in [-0.2, 0) is 10.8 Å². The van der Waals surface area contributed by atoms with Gasteiger partial charge in [-0.2, -0.15) is 0 Å². The molecule has 3 aliphatic rings. The fraction of sp³-hybridized carbons (Fsp3) is 0.0714. The number of nitrogens with zero attached hydrogens (tertiary/aromatic N) is 1. The Bertz CT molecular complexity index is 3070. The van der Waals surface area contributed by atoms with E-state index in [9.17, 15) is 0 Å². The quantitative estimate of drug-likeness (QED) is 0.175. The summed E-state index contributed by atoms with van der Waals surface area (Å²) < 4.78 is 0. The van der Waals surface area contributed by atoms with Crippen molar-refractivity contribution in [3.05, 3.63) is 234 Å². The van der Waals surface area contributed by atoms with Gasteiger partial charge in [0.2, 0.25) is 0 Å². The summed E-state index contributed by atoms with van der Waals surface area (Å²) in [7, 11) is 0. The Morgan fingerprint density at radius 1 is 0.333 bits per heavy atom. The van der Waals surface area contributed by atoms with Crippen molar-refractivity contribution in [2.45, 2.75) is 24.7 Å². The first-order valence-corrected chi connectivity index (χ1v) is 20.1. The molecule has 0 unspecified atom stereocenters. The van der Waals surface area contributed by atoms with Gasteiger partial charge < -0.3 is 4.90 Å². The number of benzene rings is 9. The molecule has 0 fully saturated rings. The predicted molar refractivity (Wildman–Crippen MR) is 238 cm³/mol. The van der Waals surface area contributed by atoms with Gasteiger partial charge in [0.15, 0.2) is 0 Å². The van der Waals surface area contributed by atoms with Gasteiger partial charge in [-0.15, -0.1) is 0 Å². The van der Waals surface area contributed by atoms with E-state index in [0.717, 1.165) is 11.4 Å². The third-order valence-corrected chi connectivity index (χ3v) is 13.3. The molecule has 9 aromatic rings. The van der Waals surface area contributed by atoms with Gasteiger partial charge in [0, 0.05) is 22.2 Å². The maximum absolute atomic E-state index is 2.56. The fourth-order valence-corrected chi connectivity index (χ4v) is 10.8. The summed E-state index contributed by atoms with van der Waals surface area (Å²) in [5.41, 5.74) is 21.3. The van der Waals surface area contributed by atoms with E-state index in [1.807, 2.05) is 0 Å². The fourth-order valence-electron chi connectivity index (χ4n) is 10.8. The predicted octanol–water partition coefficient (Wildman–Crippen LogP) is 14.6. The number of anilines is 3. The third-order valence-electron chi connectivity index (χ3n) is 13.3. The first-order valence-electron chi connectivity index (χ1n) is 20.1. The van der Waals surface area contributed by atoms with Gasteiger partial charge in [0.1, 0.15) is 0 Å². The van der Waals surface area contributed by atoms with Crippen LogP contribution in [0, 0.1) is 0 Å². The van der Waals surface area contributed by atoms with Gasteiger partial charge in [0.25, 0.3) is 0 Å². The van der Waals surface area contributed by atoms with Crippen LogP contribution in [0.3, 0.4) is 0 Å². The zero-order chi connectivity index (χ0) is 37.9. The summed E-state index contributed by atoms with van der Waals surface area (Å²) in [4.78, 5) is 2.56. The molecule has 0 heterocycles. The monoisotopic (exact) mass is 725 g/mol. The zero-order valence-corrected chi connectivity index (χ0v) is 32.0. The van der Waals surface area contributed by atoms with Crippen molar-refractivity contribution < 1.29 is 0 Å². The molecular weight excluding hydrogens is 687 g/mol. The van der Waals surface area contributed by atoms with Gasteiger partial charge in [-0.1, -0.05) is 178 Å². The lowest BCUT2D eigenvalue weighted by Crippen LogP contribution is -2.26. The van der Waals surface area contributed by atoms with Gasteiger partial charge in [-0.3, -0.25) is 0 Å². The number of fused-ring (bicyclic) bond motifs is 14. The molecule has 1 nitrogen and oxygen atoms in total. The molecule has 1 spiro atoms. The maximum Gasteiger partial charge on any atom is 0.0726 e. The summed E-state index contributed by atoms with van der Waals surface area (Å²) in [6, 6.07) is 75.1. The molecule has 3 aliphatic carbocycles. The summed E-state index contributed by atoms with van der Waals surface area (Å²) in [5, 5.41) is 2.51. The highest BCUT2D eigenvalue weighted by molar-refractivity contribution is 6.05. The number of hydrogen-bond donors (Lipinski definition) is 0. The van der Waals surface area contributed by atoms with Crippen LogP contribution in [0.25, 0.3) is 55.3 Å². The van der Waals surface area contributed by atoms with Crippen molar-refractivity contribution in [2.75, 3.05) is 4.90 Å². The second kappa shape index (κ2) is 11.8. The Labute approximate surface area is 334 Å². The molecule has 268 valence electrons. The van der Waals surface area contributed by atoms with Crippen LogP contribution in [-0.4, -0.2) is 0 Å². The van der Waals surface area contributed by atoms with Crippen molar-refractivity contribution in [3.8, 4) is 44.5 Å². The van der Waals surface area contributed by atoms with E-state index in [2.05, 4.69) is 219 Å². The second-order valence-electron chi connectivity index (χ2n) is 16.4.